The number of nitrogens with zero attached hydrogens (tertiary/aromatic N) is 2. The Hall–Kier alpha value is -3.17. The molecule has 0 spiro atoms. The minimum Gasteiger partial charge on any atom is -0.462 e. The number of carbonyl (C=O) groups excluding carboxylic acids is 2. The van der Waals surface area contributed by atoms with Crippen LogP contribution >= 0.6 is 11.6 Å². The van der Waals surface area contributed by atoms with Gasteiger partial charge in [0.05, 0.1) is 23.2 Å². The smallest absolute Gasteiger partial charge is 0.348 e. The Kier molecular flexibility index (Phi) is 6.86. The molecule has 0 fully saturated rings. The van der Waals surface area contributed by atoms with Crippen LogP contribution in [0.4, 0.5) is 16.3 Å². The van der Waals surface area contributed by atoms with E-state index in [0.29, 0.717) is 10.7 Å². The summed E-state index contributed by atoms with van der Waals surface area (Å²) in [4.78, 5) is 25.1. The molecule has 0 aliphatic rings. The number of anilines is 2. The maximum absolute atomic E-state index is 13.0. The Morgan fingerprint density at radius 3 is 2.47 bits per heavy atom. The van der Waals surface area contributed by atoms with Crippen LogP contribution in [0.15, 0.2) is 59.6 Å². The van der Waals surface area contributed by atoms with Crippen LogP contribution in [0, 0.1) is 0 Å². The summed E-state index contributed by atoms with van der Waals surface area (Å²) in [6.45, 7) is 1.72. The number of esters is 1. The van der Waals surface area contributed by atoms with Crippen molar-refractivity contribution in [3.8, 4) is 0 Å². The van der Waals surface area contributed by atoms with Crippen molar-refractivity contribution in [1.29, 1.82) is 0 Å². The van der Waals surface area contributed by atoms with Crippen molar-refractivity contribution in [2.45, 2.75) is 17.7 Å². The van der Waals surface area contributed by atoms with Gasteiger partial charge in [0.1, 0.15) is 11.4 Å². The number of rotatable bonds is 6. The van der Waals surface area contributed by atoms with Gasteiger partial charge in [-0.2, -0.15) is 9.78 Å². The first-order chi connectivity index (χ1) is 14.4. The molecule has 3 rings (SSSR count). The van der Waals surface area contributed by atoms with Gasteiger partial charge < -0.3 is 15.8 Å². The Balaban J connectivity index is 1.95. The van der Waals surface area contributed by atoms with Gasteiger partial charge in [-0.05, 0) is 36.8 Å². The van der Waals surface area contributed by atoms with Crippen LogP contribution in [0.5, 0.6) is 0 Å². The van der Waals surface area contributed by atoms with Gasteiger partial charge in [-0.15, -0.1) is 0 Å². The van der Waals surface area contributed by atoms with E-state index in [-0.39, 0.29) is 28.8 Å². The van der Waals surface area contributed by atoms with Crippen molar-refractivity contribution in [1.82, 2.24) is 9.78 Å². The molecule has 8 nitrogen and oxygen atoms in total. The molecule has 0 aliphatic carbocycles. The van der Waals surface area contributed by atoms with E-state index in [1.165, 1.54) is 0 Å². The van der Waals surface area contributed by atoms with Gasteiger partial charge >= 0.3 is 12.0 Å². The lowest BCUT2D eigenvalue weighted by Gasteiger charge is -2.06. The Labute approximate surface area is 180 Å². The fourth-order valence-corrected chi connectivity index (χ4v) is 3.97. The molecule has 3 aromatic rings. The van der Waals surface area contributed by atoms with Crippen LogP contribution in [-0.4, -0.2) is 32.6 Å². The third-order valence-electron chi connectivity index (χ3n) is 4.01. The summed E-state index contributed by atoms with van der Waals surface area (Å²) in [7, 11) is -1.74. The molecule has 1 unspecified atom stereocenters. The highest BCUT2D eigenvalue weighted by atomic mass is 35.5. The number of hydrogen-bond acceptors (Lipinski definition) is 6. The Morgan fingerprint density at radius 1 is 1.17 bits per heavy atom. The number of carbonyl (C=O) groups is 2. The molecule has 1 amide bonds. The van der Waals surface area contributed by atoms with Crippen molar-refractivity contribution in [3.63, 3.8) is 0 Å². The minimum absolute atomic E-state index is 0.0885. The van der Waals surface area contributed by atoms with E-state index >= 15 is 0 Å². The SMILES string of the molecule is CCOC(=O)c1c(S(=O)Cc2ccccc2)nn(C(=O)Nc2ccc(Cl)cc2)c1N. The molecule has 1 heterocycles. The average Bonchev–Trinajstić information content (AvgIpc) is 3.08. The molecule has 1 aromatic heterocycles. The number of nitrogen functional groups attached to an aromatic ring is 1. The van der Waals surface area contributed by atoms with Crippen molar-refractivity contribution in [2.75, 3.05) is 17.7 Å². The molecule has 156 valence electrons. The second-order valence-corrected chi connectivity index (χ2v) is 7.91. The van der Waals surface area contributed by atoms with Gasteiger partial charge in [-0.1, -0.05) is 41.9 Å². The highest BCUT2D eigenvalue weighted by Crippen LogP contribution is 2.24. The zero-order valence-electron chi connectivity index (χ0n) is 16.0. The third-order valence-corrected chi connectivity index (χ3v) is 5.58. The van der Waals surface area contributed by atoms with E-state index in [0.717, 1.165) is 10.2 Å². The number of aromatic nitrogens is 2. The molecular weight excluding hydrogens is 428 g/mol. The van der Waals surface area contributed by atoms with Gasteiger partial charge in [0, 0.05) is 10.7 Å². The number of nitrogens with one attached hydrogen (secondary N) is 1. The van der Waals surface area contributed by atoms with Gasteiger partial charge in [0.25, 0.3) is 0 Å². The van der Waals surface area contributed by atoms with Crippen LogP contribution < -0.4 is 11.1 Å². The first-order valence-corrected chi connectivity index (χ1v) is 10.6. The lowest BCUT2D eigenvalue weighted by molar-refractivity contribution is 0.0523. The van der Waals surface area contributed by atoms with E-state index in [2.05, 4.69) is 10.4 Å². The Morgan fingerprint density at radius 2 is 1.83 bits per heavy atom. The third kappa shape index (κ3) is 4.87. The number of halogens is 1. The van der Waals surface area contributed by atoms with Crippen molar-refractivity contribution in [3.05, 3.63) is 70.7 Å². The Bertz CT molecular complexity index is 1080. The second kappa shape index (κ2) is 9.55. The fourth-order valence-electron chi connectivity index (χ4n) is 2.62. The number of ether oxygens (including phenoxy) is 1. The predicted octanol–water partition coefficient (Wildman–Crippen LogP) is 3.68. The summed E-state index contributed by atoms with van der Waals surface area (Å²) in [5.74, 6) is -0.948. The molecule has 0 saturated heterocycles. The maximum Gasteiger partial charge on any atom is 0.348 e. The van der Waals surface area contributed by atoms with E-state index in [1.807, 2.05) is 18.2 Å². The molecular formula is C20H19ClN4O4S. The van der Waals surface area contributed by atoms with Crippen molar-refractivity contribution < 1.29 is 18.5 Å². The van der Waals surface area contributed by atoms with Crippen molar-refractivity contribution >= 4 is 45.9 Å². The van der Waals surface area contributed by atoms with Gasteiger partial charge in [0.15, 0.2) is 5.03 Å². The van der Waals surface area contributed by atoms with E-state index in [1.54, 1.807) is 43.3 Å². The lowest BCUT2D eigenvalue weighted by Crippen LogP contribution is -2.23. The largest absolute Gasteiger partial charge is 0.462 e. The number of benzene rings is 2. The highest BCUT2D eigenvalue weighted by molar-refractivity contribution is 7.84. The molecule has 0 radical (unpaired) electrons. The summed E-state index contributed by atoms with van der Waals surface area (Å²) < 4.78 is 18.8. The molecule has 10 heteroatoms. The van der Waals surface area contributed by atoms with E-state index < -0.39 is 22.8 Å². The first-order valence-electron chi connectivity index (χ1n) is 8.95. The molecule has 30 heavy (non-hydrogen) atoms. The van der Waals surface area contributed by atoms with Crippen molar-refractivity contribution in [2.24, 2.45) is 0 Å². The lowest BCUT2D eigenvalue weighted by atomic mass is 10.2. The monoisotopic (exact) mass is 446 g/mol. The molecule has 3 N–H and O–H groups in total. The van der Waals surface area contributed by atoms with E-state index in [9.17, 15) is 13.8 Å². The quantitative estimate of drug-likeness (QED) is 0.558. The van der Waals surface area contributed by atoms with Crippen LogP contribution in [0.1, 0.15) is 22.8 Å². The molecule has 2 aromatic carbocycles. The minimum atomic E-state index is -1.74. The van der Waals surface area contributed by atoms with Gasteiger partial charge in [0.2, 0.25) is 0 Å². The van der Waals surface area contributed by atoms with Crippen LogP contribution in [0.2, 0.25) is 5.02 Å². The summed E-state index contributed by atoms with van der Waals surface area (Å²) in [6.07, 6.45) is 0. The number of nitrogens with two attached hydrogens (primary N) is 1. The first kappa shape index (κ1) is 21.5. The highest BCUT2D eigenvalue weighted by Gasteiger charge is 2.29. The summed E-state index contributed by atoms with van der Waals surface area (Å²) >= 11 is 5.84. The average molecular weight is 447 g/mol. The normalized spacial score (nSPS) is 11.7. The number of amides is 1. The zero-order chi connectivity index (χ0) is 21.7. The molecule has 0 saturated carbocycles. The van der Waals surface area contributed by atoms with Gasteiger partial charge in [-0.25, -0.2) is 9.59 Å². The molecule has 0 aliphatic heterocycles. The summed E-state index contributed by atoms with van der Waals surface area (Å²) in [5.41, 5.74) is 7.08. The van der Waals surface area contributed by atoms with E-state index in [4.69, 9.17) is 22.1 Å². The maximum atomic E-state index is 13.0. The standard InChI is InChI=1S/C20H19ClN4O4S/c1-2-29-19(26)16-17(22)25(20(27)23-15-10-8-14(21)9-11-15)24-18(16)30(28)12-13-6-4-3-5-7-13/h3-11H,2,12,22H2,1H3,(H,23,27). The van der Waals surface area contributed by atoms with Crippen LogP contribution in [-0.2, 0) is 21.3 Å². The second-order valence-electron chi connectivity index (χ2n) is 6.11. The summed E-state index contributed by atoms with van der Waals surface area (Å²) in [5, 5.41) is 7.07. The number of hydrogen-bond donors (Lipinski definition) is 2. The van der Waals surface area contributed by atoms with Crippen LogP contribution in [0.25, 0.3) is 0 Å². The van der Waals surface area contributed by atoms with Gasteiger partial charge in [-0.3, -0.25) is 4.21 Å². The molecule has 1 atom stereocenters. The topological polar surface area (TPSA) is 116 Å². The summed E-state index contributed by atoms with van der Waals surface area (Å²) in [6, 6.07) is 14.7. The fraction of sp³-hybridized carbons (Fsp3) is 0.150. The predicted molar refractivity (Wildman–Crippen MR) is 115 cm³/mol. The van der Waals surface area contributed by atoms with Crippen LogP contribution in [0.3, 0.4) is 0 Å². The zero-order valence-corrected chi connectivity index (χ0v) is 17.6. The molecule has 0 bridgehead atoms.